The van der Waals surface area contributed by atoms with E-state index in [9.17, 15) is 4.79 Å². The van der Waals surface area contributed by atoms with E-state index < -0.39 is 0 Å². The molecule has 22 heavy (non-hydrogen) atoms. The summed E-state index contributed by atoms with van der Waals surface area (Å²) in [5.74, 6) is 0.278. The molecule has 120 valence electrons. The van der Waals surface area contributed by atoms with Crippen molar-refractivity contribution in [3.8, 4) is 0 Å². The maximum Gasteiger partial charge on any atom is 0.287 e. The van der Waals surface area contributed by atoms with Crippen molar-refractivity contribution in [3.05, 3.63) is 34.0 Å². The zero-order valence-electron chi connectivity index (χ0n) is 13.4. The van der Waals surface area contributed by atoms with E-state index in [1.54, 1.807) is 0 Å². The van der Waals surface area contributed by atoms with Crippen molar-refractivity contribution >= 4 is 32.8 Å². The first-order chi connectivity index (χ1) is 10.6. The number of amides is 1. The molecule has 0 radical (unpaired) electrons. The van der Waals surface area contributed by atoms with E-state index in [4.69, 9.17) is 4.42 Å². The van der Waals surface area contributed by atoms with Gasteiger partial charge in [0.15, 0.2) is 5.76 Å². The molecule has 0 saturated heterocycles. The molecule has 0 bridgehead atoms. The van der Waals surface area contributed by atoms with Crippen molar-refractivity contribution in [2.75, 3.05) is 26.2 Å². The summed E-state index contributed by atoms with van der Waals surface area (Å²) in [4.78, 5) is 14.6. The van der Waals surface area contributed by atoms with Crippen LogP contribution in [0.5, 0.6) is 0 Å². The molecule has 0 saturated carbocycles. The number of nitrogens with one attached hydrogen (secondary N) is 1. The molecule has 1 N–H and O–H groups in total. The van der Waals surface area contributed by atoms with Crippen LogP contribution in [-0.2, 0) is 0 Å². The van der Waals surface area contributed by atoms with Gasteiger partial charge >= 0.3 is 0 Å². The second-order valence-electron chi connectivity index (χ2n) is 5.33. The average molecular weight is 367 g/mol. The SMILES string of the molecule is CCN(CC)CCCNC(=O)c1oc2ccc(Br)cc2c1C. The zero-order valence-corrected chi connectivity index (χ0v) is 15.0. The number of benzene rings is 1. The molecule has 0 fully saturated rings. The summed E-state index contributed by atoms with van der Waals surface area (Å²) in [6.45, 7) is 9.97. The van der Waals surface area contributed by atoms with Gasteiger partial charge in [-0.05, 0) is 51.2 Å². The lowest BCUT2D eigenvalue weighted by Crippen LogP contribution is -2.30. The Morgan fingerprint density at radius 3 is 2.73 bits per heavy atom. The normalized spacial score (nSPS) is 11.3. The summed E-state index contributed by atoms with van der Waals surface area (Å²) < 4.78 is 6.67. The van der Waals surface area contributed by atoms with Gasteiger partial charge in [-0.15, -0.1) is 0 Å². The fourth-order valence-corrected chi connectivity index (χ4v) is 2.90. The summed E-state index contributed by atoms with van der Waals surface area (Å²) >= 11 is 3.44. The molecule has 0 aliphatic heterocycles. The molecule has 0 aliphatic rings. The third kappa shape index (κ3) is 3.90. The molecule has 0 spiro atoms. The maximum absolute atomic E-state index is 12.3. The first-order valence-corrected chi connectivity index (χ1v) is 8.55. The molecule has 1 amide bonds. The highest BCUT2D eigenvalue weighted by Gasteiger charge is 2.17. The lowest BCUT2D eigenvalue weighted by Gasteiger charge is -2.17. The van der Waals surface area contributed by atoms with Crippen LogP contribution in [0.15, 0.2) is 27.1 Å². The second-order valence-corrected chi connectivity index (χ2v) is 6.25. The van der Waals surface area contributed by atoms with E-state index in [-0.39, 0.29) is 5.91 Å². The summed E-state index contributed by atoms with van der Waals surface area (Å²) in [7, 11) is 0. The Morgan fingerprint density at radius 1 is 1.32 bits per heavy atom. The number of rotatable bonds is 7. The van der Waals surface area contributed by atoms with E-state index in [0.717, 1.165) is 47.1 Å². The molecule has 1 heterocycles. The Morgan fingerprint density at radius 2 is 2.05 bits per heavy atom. The smallest absolute Gasteiger partial charge is 0.287 e. The van der Waals surface area contributed by atoms with Crippen molar-refractivity contribution in [1.29, 1.82) is 0 Å². The molecule has 2 aromatic rings. The number of carbonyl (C=O) groups excluding carboxylic acids is 1. The number of aryl methyl sites for hydroxylation is 1. The molecular weight excluding hydrogens is 344 g/mol. The number of fused-ring (bicyclic) bond motifs is 1. The van der Waals surface area contributed by atoms with Gasteiger partial charge in [0.05, 0.1) is 0 Å². The van der Waals surface area contributed by atoms with Crippen LogP contribution in [0.25, 0.3) is 11.0 Å². The predicted molar refractivity (Wildman–Crippen MR) is 93.4 cm³/mol. The van der Waals surface area contributed by atoms with Crippen LogP contribution in [0.1, 0.15) is 36.4 Å². The number of nitrogens with zero attached hydrogens (tertiary/aromatic N) is 1. The average Bonchev–Trinajstić information content (AvgIpc) is 2.84. The molecule has 0 aliphatic carbocycles. The largest absolute Gasteiger partial charge is 0.451 e. The fraction of sp³-hybridized carbons (Fsp3) is 0.471. The Hall–Kier alpha value is -1.33. The van der Waals surface area contributed by atoms with Crippen molar-refractivity contribution < 1.29 is 9.21 Å². The quantitative estimate of drug-likeness (QED) is 0.754. The van der Waals surface area contributed by atoms with Crippen molar-refractivity contribution in [3.63, 3.8) is 0 Å². The molecular formula is C17H23BrN2O2. The van der Waals surface area contributed by atoms with Gasteiger partial charge in [0, 0.05) is 22.0 Å². The summed E-state index contributed by atoms with van der Waals surface area (Å²) in [6.07, 6.45) is 0.943. The highest BCUT2D eigenvalue weighted by molar-refractivity contribution is 9.10. The first-order valence-electron chi connectivity index (χ1n) is 7.76. The molecule has 0 unspecified atom stereocenters. The molecule has 5 heteroatoms. The highest BCUT2D eigenvalue weighted by atomic mass is 79.9. The van der Waals surface area contributed by atoms with Crippen molar-refractivity contribution in [2.24, 2.45) is 0 Å². The van der Waals surface area contributed by atoms with Crippen LogP contribution in [0, 0.1) is 6.92 Å². The van der Waals surface area contributed by atoms with Crippen LogP contribution in [-0.4, -0.2) is 37.0 Å². The Balaban J connectivity index is 1.97. The summed E-state index contributed by atoms with van der Waals surface area (Å²) in [6, 6.07) is 5.77. The van der Waals surface area contributed by atoms with Gasteiger partial charge in [-0.25, -0.2) is 0 Å². The van der Waals surface area contributed by atoms with Crippen LogP contribution in [0.3, 0.4) is 0 Å². The van der Waals surface area contributed by atoms with Gasteiger partial charge < -0.3 is 14.6 Å². The van der Waals surface area contributed by atoms with Gasteiger partial charge in [-0.3, -0.25) is 4.79 Å². The third-order valence-electron chi connectivity index (χ3n) is 3.94. The Labute approximate surface area is 140 Å². The predicted octanol–water partition coefficient (Wildman–Crippen LogP) is 3.97. The first kappa shape index (κ1) is 17.0. The molecule has 2 rings (SSSR count). The van der Waals surface area contributed by atoms with E-state index in [2.05, 4.69) is 40.0 Å². The number of carbonyl (C=O) groups is 1. The third-order valence-corrected chi connectivity index (χ3v) is 4.43. The van der Waals surface area contributed by atoms with E-state index in [1.165, 1.54) is 0 Å². The van der Waals surface area contributed by atoms with Gasteiger partial charge in [0.2, 0.25) is 0 Å². The Kier molecular flexibility index (Phi) is 6.03. The van der Waals surface area contributed by atoms with Gasteiger partial charge in [0.25, 0.3) is 5.91 Å². The molecule has 0 atom stereocenters. The summed E-state index contributed by atoms with van der Waals surface area (Å²) in [5, 5.41) is 3.92. The van der Waals surface area contributed by atoms with Crippen LogP contribution in [0.2, 0.25) is 0 Å². The summed E-state index contributed by atoms with van der Waals surface area (Å²) in [5.41, 5.74) is 1.63. The molecule has 1 aromatic carbocycles. The van der Waals surface area contributed by atoms with Crippen LogP contribution < -0.4 is 5.32 Å². The standard InChI is InChI=1S/C17H23BrN2O2/c1-4-20(5-2)10-6-9-19-17(21)16-12(3)14-11-13(18)7-8-15(14)22-16/h7-8,11H,4-6,9-10H2,1-3H3,(H,19,21). The molecule has 4 nitrogen and oxygen atoms in total. The van der Waals surface area contributed by atoms with Crippen molar-refractivity contribution in [2.45, 2.75) is 27.2 Å². The lowest BCUT2D eigenvalue weighted by atomic mass is 10.1. The van der Waals surface area contributed by atoms with Crippen LogP contribution in [0.4, 0.5) is 0 Å². The van der Waals surface area contributed by atoms with E-state index >= 15 is 0 Å². The number of halogens is 1. The van der Waals surface area contributed by atoms with E-state index in [1.807, 2.05) is 25.1 Å². The Bertz CT molecular complexity index is 647. The second kappa shape index (κ2) is 7.79. The minimum absolute atomic E-state index is 0.135. The topological polar surface area (TPSA) is 45.5 Å². The van der Waals surface area contributed by atoms with Crippen LogP contribution >= 0.6 is 15.9 Å². The van der Waals surface area contributed by atoms with Gasteiger partial charge in [-0.2, -0.15) is 0 Å². The molecule has 1 aromatic heterocycles. The van der Waals surface area contributed by atoms with Gasteiger partial charge in [-0.1, -0.05) is 29.8 Å². The van der Waals surface area contributed by atoms with Gasteiger partial charge in [0.1, 0.15) is 5.58 Å². The van der Waals surface area contributed by atoms with E-state index in [0.29, 0.717) is 12.3 Å². The highest BCUT2D eigenvalue weighted by Crippen LogP contribution is 2.27. The minimum Gasteiger partial charge on any atom is -0.451 e. The number of hydrogen-bond donors (Lipinski definition) is 1. The minimum atomic E-state index is -0.135. The fourth-order valence-electron chi connectivity index (χ4n) is 2.53. The monoisotopic (exact) mass is 366 g/mol. The number of furan rings is 1. The number of hydrogen-bond acceptors (Lipinski definition) is 3. The zero-order chi connectivity index (χ0) is 16.1. The maximum atomic E-state index is 12.3. The van der Waals surface area contributed by atoms with Crippen molar-refractivity contribution in [1.82, 2.24) is 10.2 Å². The lowest BCUT2D eigenvalue weighted by molar-refractivity contribution is 0.0925.